The molecule has 0 fully saturated rings. The highest BCUT2D eigenvalue weighted by molar-refractivity contribution is 5.96. The molecule has 1 amide bonds. The Morgan fingerprint density at radius 1 is 1.39 bits per heavy atom. The third-order valence-corrected chi connectivity index (χ3v) is 2.38. The van der Waals surface area contributed by atoms with Crippen LogP contribution in [0.2, 0.25) is 0 Å². The molecule has 0 radical (unpaired) electrons. The van der Waals surface area contributed by atoms with Gasteiger partial charge in [0.1, 0.15) is 5.92 Å². The van der Waals surface area contributed by atoms with Crippen LogP contribution in [0.4, 0.5) is 5.69 Å². The molecule has 1 atom stereocenters. The SMILES string of the molecule is CC(C(=O)O)C(=O)NCc1ccc([N+](=O)[O-])cc1. The standard InChI is InChI=1S/C11H12N2O5/c1-7(11(15)16)10(14)12-6-8-2-4-9(5-3-8)13(17)18/h2-5,7H,6H2,1H3,(H,12,14)(H,15,16). The fourth-order valence-electron chi connectivity index (χ4n) is 1.19. The van der Waals surface area contributed by atoms with Crippen LogP contribution < -0.4 is 5.32 Å². The Balaban J connectivity index is 2.56. The third-order valence-electron chi connectivity index (χ3n) is 2.38. The number of nitrogens with zero attached hydrogens (tertiary/aromatic N) is 1. The molecule has 18 heavy (non-hydrogen) atoms. The van der Waals surface area contributed by atoms with Gasteiger partial charge < -0.3 is 10.4 Å². The Kier molecular flexibility index (Phi) is 4.36. The van der Waals surface area contributed by atoms with E-state index in [0.717, 1.165) is 0 Å². The van der Waals surface area contributed by atoms with Crippen molar-refractivity contribution in [2.45, 2.75) is 13.5 Å². The molecule has 2 N–H and O–H groups in total. The maximum atomic E-state index is 11.3. The van der Waals surface area contributed by atoms with Crippen molar-refractivity contribution in [1.82, 2.24) is 5.32 Å². The van der Waals surface area contributed by atoms with E-state index >= 15 is 0 Å². The highest BCUT2D eigenvalue weighted by atomic mass is 16.6. The molecule has 0 saturated carbocycles. The molecule has 0 saturated heterocycles. The smallest absolute Gasteiger partial charge is 0.315 e. The number of hydrogen-bond acceptors (Lipinski definition) is 4. The van der Waals surface area contributed by atoms with Gasteiger partial charge in [-0.05, 0) is 12.5 Å². The van der Waals surface area contributed by atoms with Crippen molar-refractivity contribution >= 4 is 17.6 Å². The Hall–Kier alpha value is -2.44. The number of carboxylic acid groups (broad SMARTS) is 1. The summed E-state index contributed by atoms with van der Waals surface area (Å²) >= 11 is 0. The molecule has 1 rings (SSSR count). The highest BCUT2D eigenvalue weighted by Gasteiger charge is 2.19. The van der Waals surface area contributed by atoms with Crippen molar-refractivity contribution in [3.63, 3.8) is 0 Å². The Morgan fingerprint density at radius 3 is 2.39 bits per heavy atom. The Morgan fingerprint density at radius 2 is 1.94 bits per heavy atom. The first-order valence-corrected chi connectivity index (χ1v) is 5.15. The maximum Gasteiger partial charge on any atom is 0.315 e. The van der Waals surface area contributed by atoms with Gasteiger partial charge in [0.25, 0.3) is 5.69 Å². The Bertz CT molecular complexity index is 469. The van der Waals surface area contributed by atoms with E-state index in [9.17, 15) is 19.7 Å². The molecule has 0 aliphatic heterocycles. The number of rotatable bonds is 5. The molecule has 0 aliphatic rings. The molecule has 7 nitrogen and oxygen atoms in total. The van der Waals surface area contributed by atoms with Gasteiger partial charge in [0, 0.05) is 18.7 Å². The number of nitrogens with one attached hydrogen (secondary N) is 1. The predicted molar refractivity (Wildman–Crippen MR) is 61.7 cm³/mol. The van der Waals surface area contributed by atoms with Gasteiger partial charge in [0.2, 0.25) is 5.91 Å². The van der Waals surface area contributed by atoms with Crippen molar-refractivity contribution < 1.29 is 19.6 Å². The van der Waals surface area contributed by atoms with Crippen LogP contribution in [-0.4, -0.2) is 21.9 Å². The Labute approximate surface area is 103 Å². The minimum Gasteiger partial charge on any atom is -0.481 e. The van der Waals surface area contributed by atoms with E-state index in [1.54, 1.807) is 0 Å². The second-order valence-corrected chi connectivity index (χ2v) is 3.70. The number of aliphatic carboxylic acids is 1. The molecule has 0 aromatic heterocycles. The summed E-state index contributed by atoms with van der Waals surface area (Å²) in [6.07, 6.45) is 0. The molecule has 1 aromatic carbocycles. The number of hydrogen-bond donors (Lipinski definition) is 2. The molecule has 1 aromatic rings. The van der Waals surface area contributed by atoms with Gasteiger partial charge in [-0.25, -0.2) is 0 Å². The monoisotopic (exact) mass is 252 g/mol. The molecule has 1 unspecified atom stereocenters. The van der Waals surface area contributed by atoms with E-state index in [1.165, 1.54) is 31.2 Å². The van der Waals surface area contributed by atoms with E-state index < -0.39 is 22.7 Å². The summed E-state index contributed by atoms with van der Waals surface area (Å²) in [6, 6.07) is 5.65. The summed E-state index contributed by atoms with van der Waals surface area (Å²) in [5.74, 6) is -2.92. The van der Waals surface area contributed by atoms with Crippen LogP contribution in [0.5, 0.6) is 0 Å². The number of amides is 1. The van der Waals surface area contributed by atoms with Gasteiger partial charge in [-0.3, -0.25) is 19.7 Å². The average molecular weight is 252 g/mol. The molecule has 0 spiro atoms. The third kappa shape index (κ3) is 3.55. The zero-order chi connectivity index (χ0) is 13.7. The maximum absolute atomic E-state index is 11.3. The first kappa shape index (κ1) is 13.6. The van der Waals surface area contributed by atoms with E-state index in [0.29, 0.717) is 5.56 Å². The van der Waals surface area contributed by atoms with Crippen molar-refractivity contribution in [1.29, 1.82) is 0 Å². The second kappa shape index (κ2) is 5.76. The fourth-order valence-corrected chi connectivity index (χ4v) is 1.19. The van der Waals surface area contributed by atoms with Gasteiger partial charge in [-0.1, -0.05) is 12.1 Å². The number of carbonyl (C=O) groups excluding carboxylic acids is 1. The van der Waals surface area contributed by atoms with E-state index in [1.807, 2.05) is 0 Å². The van der Waals surface area contributed by atoms with Gasteiger partial charge in [-0.2, -0.15) is 0 Å². The first-order valence-electron chi connectivity index (χ1n) is 5.15. The van der Waals surface area contributed by atoms with Gasteiger partial charge in [-0.15, -0.1) is 0 Å². The topological polar surface area (TPSA) is 110 Å². The van der Waals surface area contributed by atoms with Gasteiger partial charge in [0.15, 0.2) is 0 Å². The summed E-state index contributed by atoms with van der Waals surface area (Å²) < 4.78 is 0. The number of nitro groups is 1. The zero-order valence-corrected chi connectivity index (χ0v) is 9.62. The van der Waals surface area contributed by atoms with Crippen LogP contribution in [0.15, 0.2) is 24.3 Å². The molecular formula is C11H12N2O5. The van der Waals surface area contributed by atoms with Gasteiger partial charge in [0.05, 0.1) is 4.92 Å². The number of carboxylic acids is 1. The minimum atomic E-state index is -1.20. The molecular weight excluding hydrogens is 240 g/mol. The molecule has 0 bridgehead atoms. The molecule has 96 valence electrons. The zero-order valence-electron chi connectivity index (χ0n) is 9.62. The lowest BCUT2D eigenvalue weighted by molar-refractivity contribution is -0.384. The number of benzene rings is 1. The molecule has 0 heterocycles. The fraction of sp³-hybridized carbons (Fsp3) is 0.273. The highest BCUT2D eigenvalue weighted by Crippen LogP contribution is 2.11. The van der Waals surface area contributed by atoms with Crippen molar-refractivity contribution in [2.24, 2.45) is 5.92 Å². The van der Waals surface area contributed by atoms with Crippen LogP contribution in [0.25, 0.3) is 0 Å². The van der Waals surface area contributed by atoms with Crippen LogP contribution in [0, 0.1) is 16.0 Å². The summed E-state index contributed by atoms with van der Waals surface area (Å²) in [5, 5.41) is 21.5. The van der Waals surface area contributed by atoms with E-state index in [4.69, 9.17) is 5.11 Å². The lowest BCUT2D eigenvalue weighted by Crippen LogP contribution is -2.33. The molecule has 0 aliphatic carbocycles. The quantitative estimate of drug-likeness (QED) is 0.460. The van der Waals surface area contributed by atoms with E-state index in [-0.39, 0.29) is 12.2 Å². The lowest BCUT2D eigenvalue weighted by Gasteiger charge is -2.08. The summed E-state index contributed by atoms with van der Waals surface area (Å²) in [4.78, 5) is 31.8. The number of non-ortho nitro benzene ring substituents is 1. The average Bonchev–Trinajstić information content (AvgIpc) is 2.35. The molecule has 7 heteroatoms. The van der Waals surface area contributed by atoms with Crippen LogP contribution in [-0.2, 0) is 16.1 Å². The van der Waals surface area contributed by atoms with Crippen LogP contribution >= 0.6 is 0 Å². The summed E-state index contributed by atoms with van der Waals surface area (Å²) in [6.45, 7) is 1.42. The predicted octanol–water partition coefficient (Wildman–Crippen LogP) is 0.932. The summed E-state index contributed by atoms with van der Waals surface area (Å²) in [7, 11) is 0. The lowest BCUT2D eigenvalue weighted by atomic mass is 10.1. The minimum absolute atomic E-state index is 0.0380. The van der Waals surface area contributed by atoms with Crippen molar-refractivity contribution in [3.05, 3.63) is 39.9 Å². The normalized spacial score (nSPS) is 11.6. The second-order valence-electron chi connectivity index (χ2n) is 3.70. The van der Waals surface area contributed by atoms with Crippen molar-refractivity contribution in [2.75, 3.05) is 0 Å². The van der Waals surface area contributed by atoms with Crippen LogP contribution in [0.1, 0.15) is 12.5 Å². The van der Waals surface area contributed by atoms with Crippen molar-refractivity contribution in [3.8, 4) is 0 Å². The van der Waals surface area contributed by atoms with Gasteiger partial charge >= 0.3 is 5.97 Å². The number of nitro benzene ring substituents is 1. The summed E-state index contributed by atoms with van der Waals surface area (Å²) in [5.41, 5.74) is 0.621. The van der Waals surface area contributed by atoms with E-state index in [2.05, 4.69) is 5.32 Å². The van der Waals surface area contributed by atoms with Crippen LogP contribution in [0.3, 0.4) is 0 Å². The number of carbonyl (C=O) groups is 2. The largest absolute Gasteiger partial charge is 0.481 e. The first-order chi connectivity index (χ1) is 8.41.